The molecule has 1 saturated heterocycles. The molecule has 2 heterocycles. The lowest BCUT2D eigenvalue weighted by Gasteiger charge is -2.38. The van der Waals surface area contributed by atoms with Gasteiger partial charge in [0.2, 0.25) is 11.0 Å². The van der Waals surface area contributed by atoms with E-state index in [-0.39, 0.29) is 11.3 Å². The fourth-order valence-electron chi connectivity index (χ4n) is 2.73. The van der Waals surface area contributed by atoms with E-state index in [4.69, 9.17) is 0 Å². The van der Waals surface area contributed by atoms with Gasteiger partial charge in [-0.1, -0.05) is 46.0 Å². The van der Waals surface area contributed by atoms with Crippen molar-refractivity contribution in [3.63, 3.8) is 0 Å². The summed E-state index contributed by atoms with van der Waals surface area (Å²) < 4.78 is 0. The molecule has 1 aromatic heterocycles. The summed E-state index contributed by atoms with van der Waals surface area (Å²) in [5, 5.41) is 10.7. The molecule has 1 aliphatic heterocycles. The van der Waals surface area contributed by atoms with Crippen molar-refractivity contribution in [3.8, 4) is 0 Å². The Balaban J connectivity index is 1.94. The lowest BCUT2D eigenvalue weighted by Crippen LogP contribution is -2.48. The maximum atomic E-state index is 12.4. The summed E-state index contributed by atoms with van der Waals surface area (Å²) >= 11 is 1.69. The number of rotatable bonds is 3. The number of amides is 1. The molecule has 2 rings (SSSR count). The number of carbonyl (C=O) groups is 1. The highest BCUT2D eigenvalue weighted by Crippen LogP contribution is 2.29. The van der Waals surface area contributed by atoms with E-state index in [2.05, 4.69) is 28.9 Å². The SMILES string of the molecule is CC(C)c1nnc(N2CCC(N(C)C(=O)C(C)(C)C)CC2)s1. The van der Waals surface area contributed by atoms with Crippen molar-refractivity contribution < 1.29 is 4.79 Å². The van der Waals surface area contributed by atoms with Crippen LogP contribution in [-0.2, 0) is 4.79 Å². The molecule has 1 aliphatic rings. The van der Waals surface area contributed by atoms with Gasteiger partial charge in [0.1, 0.15) is 5.01 Å². The maximum absolute atomic E-state index is 12.4. The molecule has 0 saturated carbocycles. The minimum atomic E-state index is -0.308. The van der Waals surface area contributed by atoms with Crippen LogP contribution in [0, 0.1) is 5.41 Å². The highest BCUT2D eigenvalue weighted by molar-refractivity contribution is 7.15. The zero-order chi connectivity index (χ0) is 16.5. The molecule has 0 atom stereocenters. The number of carbonyl (C=O) groups excluding carboxylic acids is 1. The summed E-state index contributed by atoms with van der Waals surface area (Å²) in [5.74, 6) is 0.656. The second-order valence-corrected chi connectivity index (χ2v) is 8.45. The Morgan fingerprint density at radius 2 is 1.86 bits per heavy atom. The summed E-state index contributed by atoms with van der Waals surface area (Å²) in [6.07, 6.45) is 1.99. The third-order valence-corrected chi connectivity index (χ3v) is 5.45. The highest BCUT2D eigenvalue weighted by atomic mass is 32.1. The van der Waals surface area contributed by atoms with Crippen LogP contribution >= 0.6 is 11.3 Å². The minimum Gasteiger partial charge on any atom is -0.347 e. The molecule has 0 unspecified atom stereocenters. The molecule has 0 bridgehead atoms. The largest absolute Gasteiger partial charge is 0.347 e. The molecule has 0 aromatic carbocycles. The molecule has 5 nitrogen and oxygen atoms in total. The average molecular weight is 324 g/mol. The third kappa shape index (κ3) is 3.77. The quantitative estimate of drug-likeness (QED) is 0.857. The van der Waals surface area contributed by atoms with Gasteiger partial charge in [0, 0.05) is 37.5 Å². The Bertz CT molecular complexity index is 512. The minimum absolute atomic E-state index is 0.226. The topological polar surface area (TPSA) is 49.3 Å². The monoisotopic (exact) mass is 324 g/mol. The average Bonchev–Trinajstić information content (AvgIpc) is 2.95. The van der Waals surface area contributed by atoms with E-state index in [0.717, 1.165) is 36.1 Å². The van der Waals surface area contributed by atoms with Gasteiger partial charge in [-0.25, -0.2) is 0 Å². The molecule has 0 radical (unpaired) electrons. The molecule has 0 N–H and O–H groups in total. The van der Waals surface area contributed by atoms with Gasteiger partial charge in [0.25, 0.3) is 0 Å². The van der Waals surface area contributed by atoms with Gasteiger partial charge in [-0.2, -0.15) is 0 Å². The van der Waals surface area contributed by atoms with Crippen molar-refractivity contribution in [2.75, 3.05) is 25.0 Å². The lowest BCUT2D eigenvalue weighted by atomic mass is 9.93. The second kappa shape index (κ2) is 6.52. The van der Waals surface area contributed by atoms with Gasteiger partial charge in [0.05, 0.1) is 0 Å². The number of aromatic nitrogens is 2. The predicted octanol–water partition coefficient (Wildman–Crippen LogP) is 3.13. The smallest absolute Gasteiger partial charge is 0.227 e. The van der Waals surface area contributed by atoms with E-state index >= 15 is 0 Å². The van der Waals surface area contributed by atoms with Crippen LogP contribution in [0.2, 0.25) is 0 Å². The van der Waals surface area contributed by atoms with Crippen LogP contribution in [0.3, 0.4) is 0 Å². The van der Waals surface area contributed by atoms with E-state index in [0.29, 0.717) is 12.0 Å². The Hall–Kier alpha value is -1.17. The number of hydrogen-bond donors (Lipinski definition) is 0. The zero-order valence-corrected chi connectivity index (χ0v) is 15.4. The molecule has 1 fully saturated rings. The van der Waals surface area contributed by atoms with Gasteiger partial charge >= 0.3 is 0 Å². The molecule has 124 valence electrons. The normalized spacial score (nSPS) is 17.1. The van der Waals surface area contributed by atoms with Crippen LogP contribution in [0.4, 0.5) is 5.13 Å². The Morgan fingerprint density at radius 1 is 1.27 bits per heavy atom. The Kier molecular flexibility index (Phi) is 5.10. The number of piperidine rings is 1. The van der Waals surface area contributed by atoms with Crippen molar-refractivity contribution in [2.24, 2.45) is 5.41 Å². The van der Waals surface area contributed by atoms with Crippen LogP contribution in [0.1, 0.15) is 58.4 Å². The Morgan fingerprint density at radius 3 is 2.32 bits per heavy atom. The van der Waals surface area contributed by atoms with Crippen LogP contribution in [-0.4, -0.2) is 47.2 Å². The zero-order valence-electron chi connectivity index (χ0n) is 14.6. The first-order valence-electron chi connectivity index (χ1n) is 8.05. The summed E-state index contributed by atoms with van der Waals surface area (Å²) in [5.41, 5.74) is -0.308. The van der Waals surface area contributed by atoms with Gasteiger partial charge in [0.15, 0.2) is 0 Å². The highest BCUT2D eigenvalue weighted by Gasteiger charge is 2.32. The molecular weight excluding hydrogens is 296 g/mol. The van der Waals surface area contributed by atoms with Crippen LogP contribution < -0.4 is 4.90 Å². The summed E-state index contributed by atoms with van der Waals surface area (Å²) in [7, 11) is 1.94. The molecule has 6 heteroatoms. The van der Waals surface area contributed by atoms with Crippen molar-refractivity contribution in [2.45, 2.75) is 59.4 Å². The predicted molar refractivity (Wildman–Crippen MR) is 91.5 cm³/mol. The van der Waals surface area contributed by atoms with E-state index in [1.54, 1.807) is 11.3 Å². The molecule has 0 aliphatic carbocycles. The first kappa shape index (κ1) is 17.2. The molecule has 1 amide bonds. The van der Waals surface area contributed by atoms with Crippen LogP contribution in [0.15, 0.2) is 0 Å². The van der Waals surface area contributed by atoms with Crippen molar-refractivity contribution in [3.05, 3.63) is 5.01 Å². The van der Waals surface area contributed by atoms with Crippen LogP contribution in [0.5, 0.6) is 0 Å². The van der Waals surface area contributed by atoms with Gasteiger partial charge in [-0.15, -0.1) is 10.2 Å². The maximum Gasteiger partial charge on any atom is 0.227 e. The van der Waals surface area contributed by atoms with Crippen LogP contribution in [0.25, 0.3) is 0 Å². The van der Waals surface area contributed by atoms with Gasteiger partial charge in [-0.3, -0.25) is 4.79 Å². The van der Waals surface area contributed by atoms with E-state index in [1.807, 2.05) is 32.7 Å². The van der Waals surface area contributed by atoms with E-state index in [9.17, 15) is 4.79 Å². The number of anilines is 1. The van der Waals surface area contributed by atoms with Crippen molar-refractivity contribution in [1.82, 2.24) is 15.1 Å². The molecular formula is C16H28N4OS. The fraction of sp³-hybridized carbons (Fsp3) is 0.812. The standard InChI is InChI=1S/C16H28N4OS/c1-11(2)13-17-18-15(22-13)20-9-7-12(8-10-20)19(6)14(21)16(3,4)5/h11-12H,7-10H2,1-6H3. The van der Waals surface area contributed by atoms with Crippen molar-refractivity contribution >= 4 is 22.4 Å². The van der Waals surface area contributed by atoms with Gasteiger partial charge in [-0.05, 0) is 12.8 Å². The van der Waals surface area contributed by atoms with E-state index < -0.39 is 0 Å². The first-order chi connectivity index (χ1) is 10.2. The molecule has 22 heavy (non-hydrogen) atoms. The number of nitrogens with zero attached hydrogens (tertiary/aromatic N) is 4. The summed E-state index contributed by atoms with van der Waals surface area (Å²) in [6, 6.07) is 0.334. The lowest BCUT2D eigenvalue weighted by molar-refractivity contribution is -0.140. The summed E-state index contributed by atoms with van der Waals surface area (Å²) in [6.45, 7) is 12.1. The first-order valence-corrected chi connectivity index (χ1v) is 8.87. The molecule has 1 aromatic rings. The second-order valence-electron chi connectivity index (χ2n) is 7.46. The van der Waals surface area contributed by atoms with Gasteiger partial charge < -0.3 is 9.80 Å². The molecule has 0 spiro atoms. The number of hydrogen-bond acceptors (Lipinski definition) is 5. The van der Waals surface area contributed by atoms with Crippen molar-refractivity contribution in [1.29, 1.82) is 0 Å². The fourth-order valence-corrected chi connectivity index (χ4v) is 3.62. The van der Waals surface area contributed by atoms with E-state index in [1.165, 1.54) is 0 Å². The summed E-state index contributed by atoms with van der Waals surface area (Å²) in [4.78, 5) is 16.6. The Labute approximate surface area is 137 Å². The third-order valence-electron chi connectivity index (χ3n) is 4.17.